The maximum absolute atomic E-state index is 13.4. The Balaban J connectivity index is 1.11. The number of carbonyl (C=O) groups is 2. The molecule has 0 spiro atoms. The Morgan fingerprint density at radius 3 is 2.36 bits per heavy atom. The molecular formula is C24H36N2O2. The summed E-state index contributed by atoms with van der Waals surface area (Å²) in [5.41, 5.74) is 0.305. The molecular weight excluding hydrogens is 348 g/mol. The van der Waals surface area contributed by atoms with E-state index in [1.54, 1.807) is 0 Å². The van der Waals surface area contributed by atoms with Gasteiger partial charge in [-0.15, -0.1) is 0 Å². The molecule has 4 heteroatoms. The molecule has 154 valence electrons. The number of likely N-dealkylation sites (tertiary alicyclic amines) is 2. The summed E-state index contributed by atoms with van der Waals surface area (Å²) in [6.07, 6.45) is 9.79. The summed E-state index contributed by atoms with van der Waals surface area (Å²) in [6.45, 7) is 7.27. The third-order valence-corrected chi connectivity index (χ3v) is 9.72. The van der Waals surface area contributed by atoms with Crippen molar-refractivity contribution in [1.82, 2.24) is 9.80 Å². The van der Waals surface area contributed by atoms with Crippen molar-refractivity contribution in [2.24, 2.45) is 46.8 Å². The maximum Gasteiger partial charge on any atom is 0.226 e. The topological polar surface area (TPSA) is 40.6 Å². The van der Waals surface area contributed by atoms with E-state index in [4.69, 9.17) is 0 Å². The van der Waals surface area contributed by atoms with Crippen molar-refractivity contribution >= 4 is 11.8 Å². The number of hydrogen-bond acceptors (Lipinski definition) is 2. The molecule has 4 saturated carbocycles. The summed E-state index contributed by atoms with van der Waals surface area (Å²) in [6, 6.07) is 0.312. The van der Waals surface area contributed by atoms with Gasteiger partial charge in [-0.1, -0.05) is 20.3 Å². The Labute approximate surface area is 169 Å². The van der Waals surface area contributed by atoms with Gasteiger partial charge in [0, 0.05) is 37.4 Å². The van der Waals surface area contributed by atoms with E-state index in [9.17, 15) is 9.59 Å². The van der Waals surface area contributed by atoms with Crippen LogP contribution in [0.1, 0.15) is 65.2 Å². The lowest BCUT2D eigenvalue weighted by Crippen LogP contribution is -2.44. The summed E-state index contributed by atoms with van der Waals surface area (Å²) >= 11 is 0. The van der Waals surface area contributed by atoms with Gasteiger partial charge in [0.05, 0.1) is 6.04 Å². The van der Waals surface area contributed by atoms with E-state index in [1.165, 1.54) is 32.1 Å². The van der Waals surface area contributed by atoms with Crippen LogP contribution >= 0.6 is 0 Å². The Kier molecular flexibility index (Phi) is 3.80. The zero-order chi connectivity index (χ0) is 19.2. The molecule has 6 fully saturated rings. The van der Waals surface area contributed by atoms with Gasteiger partial charge >= 0.3 is 0 Å². The number of carbonyl (C=O) groups excluding carboxylic acids is 2. The van der Waals surface area contributed by atoms with Crippen molar-refractivity contribution in [3.63, 3.8) is 0 Å². The van der Waals surface area contributed by atoms with Gasteiger partial charge in [-0.25, -0.2) is 0 Å². The van der Waals surface area contributed by atoms with Crippen LogP contribution in [0.3, 0.4) is 0 Å². The summed E-state index contributed by atoms with van der Waals surface area (Å²) < 4.78 is 0. The lowest BCUT2D eigenvalue weighted by Gasteiger charge is -2.36. The van der Waals surface area contributed by atoms with Crippen LogP contribution in [0.5, 0.6) is 0 Å². The maximum atomic E-state index is 13.4. The number of fused-ring (bicyclic) bond motifs is 6. The summed E-state index contributed by atoms with van der Waals surface area (Å²) in [7, 11) is 0. The van der Waals surface area contributed by atoms with Gasteiger partial charge < -0.3 is 9.80 Å². The first-order valence-electron chi connectivity index (χ1n) is 12.0. The van der Waals surface area contributed by atoms with Crippen molar-refractivity contribution < 1.29 is 9.59 Å². The van der Waals surface area contributed by atoms with Gasteiger partial charge in [-0.05, 0) is 74.0 Å². The van der Waals surface area contributed by atoms with Crippen LogP contribution in [0.15, 0.2) is 0 Å². The summed E-state index contributed by atoms with van der Waals surface area (Å²) in [4.78, 5) is 31.0. The van der Waals surface area contributed by atoms with Gasteiger partial charge in [0.1, 0.15) is 0 Å². The van der Waals surface area contributed by atoms with Gasteiger partial charge in [0.25, 0.3) is 0 Å². The SMILES string of the molecule is CC1(C)CCCC(C(=O)N2C[C@@H]3CCN(C(=O)C4[C@@H]5[C@H]6CC[C@H](C6)[C@H]45)[C@@H]3C2)C1. The first-order valence-corrected chi connectivity index (χ1v) is 12.0. The Morgan fingerprint density at radius 1 is 0.893 bits per heavy atom. The molecule has 2 amide bonds. The van der Waals surface area contributed by atoms with Crippen LogP contribution in [0.4, 0.5) is 0 Å². The zero-order valence-electron chi connectivity index (χ0n) is 17.6. The fourth-order valence-corrected chi connectivity index (χ4v) is 8.43. The highest BCUT2D eigenvalue weighted by Gasteiger charge is 2.68. The van der Waals surface area contributed by atoms with Crippen LogP contribution in [-0.2, 0) is 9.59 Å². The van der Waals surface area contributed by atoms with E-state index in [-0.39, 0.29) is 5.92 Å². The molecule has 2 saturated heterocycles. The number of amides is 2. The van der Waals surface area contributed by atoms with E-state index < -0.39 is 0 Å². The highest BCUT2D eigenvalue weighted by atomic mass is 16.2. The largest absolute Gasteiger partial charge is 0.340 e. The molecule has 2 unspecified atom stereocenters. The molecule has 0 aromatic rings. The molecule has 28 heavy (non-hydrogen) atoms. The third kappa shape index (κ3) is 2.55. The second kappa shape index (κ2) is 5.98. The van der Waals surface area contributed by atoms with Crippen molar-refractivity contribution in [3.05, 3.63) is 0 Å². The van der Waals surface area contributed by atoms with E-state index >= 15 is 0 Å². The van der Waals surface area contributed by atoms with Gasteiger partial charge in [0.2, 0.25) is 11.8 Å². The standard InChI is InChI=1S/C24H36N2O2/c1-24(2)8-3-4-16(11-24)22(27)25-12-17-7-9-26(18(17)13-25)23(28)21-19-14-5-6-15(10-14)20(19)21/h14-21H,3-13H2,1-2H3/t14-,15+,16?,17-,18+,19+,20-,21?/m0/s1. The lowest BCUT2D eigenvalue weighted by atomic mass is 9.72. The summed E-state index contributed by atoms with van der Waals surface area (Å²) in [5, 5.41) is 0. The predicted molar refractivity (Wildman–Crippen MR) is 107 cm³/mol. The normalized spacial score (nSPS) is 47.9. The first kappa shape index (κ1) is 17.8. The number of hydrogen-bond donors (Lipinski definition) is 0. The van der Waals surface area contributed by atoms with Crippen LogP contribution in [-0.4, -0.2) is 47.3 Å². The minimum atomic E-state index is 0.213. The molecule has 0 radical (unpaired) electrons. The Morgan fingerprint density at radius 2 is 1.64 bits per heavy atom. The molecule has 2 aliphatic heterocycles. The smallest absolute Gasteiger partial charge is 0.226 e. The monoisotopic (exact) mass is 384 g/mol. The van der Waals surface area contributed by atoms with Gasteiger partial charge in [-0.3, -0.25) is 9.59 Å². The van der Waals surface area contributed by atoms with E-state index in [1.807, 2.05) is 0 Å². The minimum absolute atomic E-state index is 0.213. The van der Waals surface area contributed by atoms with Crippen molar-refractivity contribution in [1.29, 1.82) is 0 Å². The van der Waals surface area contributed by atoms with E-state index in [0.29, 0.717) is 35.1 Å². The van der Waals surface area contributed by atoms with Gasteiger partial charge in [0.15, 0.2) is 0 Å². The molecule has 2 heterocycles. The molecule has 2 bridgehead atoms. The molecule has 0 N–H and O–H groups in total. The van der Waals surface area contributed by atoms with E-state index in [0.717, 1.165) is 62.6 Å². The highest BCUT2D eigenvalue weighted by Crippen LogP contribution is 2.69. The molecule has 6 rings (SSSR count). The fraction of sp³-hybridized carbons (Fsp3) is 0.917. The van der Waals surface area contributed by atoms with Crippen LogP contribution < -0.4 is 0 Å². The molecule has 6 aliphatic rings. The molecule has 8 atom stereocenters. The minimum Gasteiger partial charge on any atom is -0.340 e. The second-order valence-corrected chi connectivity index (χ2v) is 11.9. The van der Waals surface area contributed by atoms with E-state index in [2.05, 4.69) is 23.6 Å². The molecule has 4 nitrogen and oxygen atoms in total. The molecule has 0 aromatic heterocycles. The van der Waals surface area contributed by atoms with Gasteiger partial charge in [-0.2, -0.15) is 0 Å². The van der Waals surface area contributed by atoms with Crippen LogP contribution in [0.2, 0.25) is 0 Å². The quantitative estimate of drug-likeness (QED) is 0.730. The van der Waals surface area contributed by atoms with Crippen molar-refractivity contribution in [2.75, 3.05) is 19.6 Å². The number of rotatable bonds is 2. The molecule has 4 aliphatic carbocycles. The second-order valence-electron chi connectivity index (χ2n) is 11.9. The van der Waals surface area contributed by atoms with Crippen LogP contribution in [0, 0.1) is 46.8 Å². The molecule has 0 aromatic carbocycles. The Hall–Kier alpha value is -1.06. The summed E-state index contributed by atoms with van der Waals surface area (Å²) in [5.74, 6) is 5.13. The fourth-order valence-electron chi connectivity index (χ4n) is 8.43. The lowest BCUT2D eigenvalue weighted by molar-refractivity contribution is -0.139. The average Bonchev–Trinajstić information content (AvgIpc) is 3.08. The third-order valence-electron chi connectivity index (χ3n) is 9.72. The average molecular weight is 385 g/mol. The van der Waals surface area contributed by atoms with Crippen molar-refractivity contribution in [2.45, 2.75) is 71.3 Å². The first-order chi connectivity index (χ1) is 13.4. The number of nitrogens with zero attached hydrogens (tertiary/aromatic N) is 2. The zero-order valence-corrected chi connectivity index (χ0v) is 17.6. The van der Waals surface area contributed by atoms with Crippen molar-refractivity contribution in [3.8, 4) is 0 Å². The predicted octanol–water partition coefficient (Wildman–Crippen LogP) is 3.55. The van der Waals surface area contributed by atoms with Crippen LogP contribution in [0.25, 0.3) is 0 Å². The Bertz CT molecular complexity index is 687. The highest BCUT2D eigenvalue weighted by molar-refractivity contribution is 5.84.